The second-order valence-electron chi connectivity index (χ2n) is 4.51. The summed E-state index contributed by atoms with van der Waals surface area (Å²) in [6.07, 6.45) is -0.198. The smallest absolute Gasteiger partial charge is 0.313 e. The molecule has 0 bridgehead atoms. The van der Waals surface area contributed by atoms with Gasteiger partial charge in [0, 0.05) is 5.56 Å². The molecule has 2 rings (SSSR count). The number of carbonyl (C=O) groups excluding carboxylic acids is 2. The highest BCUT2D eigenvalue weighted by molar-refractivity contribution is 5.95. The fourth-order valence-corrected chi connectivity index (χ4v) is 1.77. The van der Waals surface area contributed by atoms with Gasteiger partial charge in [-0.1, -0.05) is 0 Å². The Balaban J connectivity index is 1.71. The summed E-state index contributed by atoms with van der Waals surface area (Å²) >= 11 is 0. The van der Waals surface area contributed by atoms with E-state index in [1.807, 2.05) is 12.1 Å². The monoisotopic (exact) mass is 291 g/mol. The number of benzene rings is 1. The molecule has 112 valence electrons. The molecule has 0 amide bonds. The van der Waals surface area contributed by atoms with Gasteiger partial charge in [0.1, 0.15) is 37.8 Å². The first-order chi connectivity index (χ1) is 10.1. The van der Waals surface area contributed by atoms with Crippen molar-refractivity contribution in [2.45, 2.75) is 13.3 Å². The van der Waals surface area contributed by atoms with Crippen LogP contribution in [0.3, 0.4) is 0 Å². The van der Waals surface area contributed by atoms with Gasteiger partial charge in [0.2, 0.25) is 5.90 Å². The molecule has 0 saturated carbocycles. The lowest BCUT2D eigenvalue weighted by Gasteiger charge is -2.08. The summed E-state index contributed by atoms with van der Waals surface area (Å²) in [5, 5.41) is 0. The Morgan fingerprint density at radius 3 is 2.62 bits per heavy atom. The zero-order chi connectivity index (χ0) is 15.1. The molecule has 0 aliphatic carbocycles. The molecule has 6 nitrogen and oxygen atoms in total. The van der Waals surface area contributed by atoms with Crippen LogP contribution in [0, 0.1) is 0 Å². The maximum atomic E-state index is 11.1. The van der Waals surface area contributed by atoms with Gasteiger partial charge >= 0.3 is 5.97 Å². The van der Waals surface area contributed by atoms with Crippen LogP contribution < -0.4 is 4.74 Å². The third-order valence-electron chi connectivity index (χ3n) is 2.70. The third kappa shape index (κ3) is 4.91. The molecule has 1 aromatic rings. The quantitative estimate of drug-likeness (QED) is 0.431. The van der Waals surface area contributed by atoms with Crippen molar-refractivity contribution in [3.05, 3.63) is 29.8 Å². The lowest BCUT2D eigenvalue weighted by atomic mass is 10.2. The molecule has 0 atom stereocenters. The van der Waals surface area contributed by atoms with E-state index in [1.165, 1.54) is 6.92 Å². The minimum atomic E-state index is -0.530. The number of carbonyl (C=O) groups is 2. The normalized spacial score (nSPS) is 13.3. The van der Waals surface area contributed by atoms with E-state index in [-0.39, 0.29) is 25.4 Å². The zero-order valence-corrected chi connectivity index (χ0v) is 11.8. The van der Waals surface area contributed by atoms with Gasteiger partial charge in [-0.05, 0) is 31.2 Å². The van der Waals surface area contributed by atoms with Crippen molar-refractivity contribution in [1.82, 2.24) is 0 Å². The number of hydrogen-bond donors (Lipinski definition) is 0. The van der Waals surface area contributed by atoms with Crippen LogP contribution >= 0.6 is 0 Å². The summed E-state index contributed by atoms with van der Waals surface area (Å²) in [6.45, 7) is 3.01. The number of hydrogen-bond acceptors (Lipinski definition) is 6. The van der Waals surface area contributed by atoms with Gasteiger partial charge in [-0.25, -0.2) is 4.99 Å². The number of ether oxygens (including phenoxy) is 3. The molecule has 0 unspecified atom stereocenters. The largest absolute Gasteiger partial charge is 0.490 e. The number of Topliss-reactive ketones (excluding diaryl/α,β-unsaturated/α-hetero) is 1. The van der Waals surface area contributed by atoms with Crippen LogP contribution in [0.1, 0.15) is 18.9 Å². The van der Waals surface area contributed by atoms with Gasteiger partial charge in [-0.2, -0.15) is 0 Å². The van der Waals surface area contributed by atoms with Crippen LogP contribution in [0.2, 0.25) is 0 Å². The Morgan fingerprint density at radius 1 is 1.24 bits per heavy atom. The van der Waals surface area contributed by atoms with Crippen molar-refractivity contribution in [1.29, 1.82) is 0 Å². The second-order valence-corrected chi connectivity index (χ2v) is 4.51. The van der Waals surface area contributed by atoms with E-state index in [9.17, 15) is 9.59 Å². The molecule has 0 saturated heterocycles. The van der Waals surface area contributed by atoms with E-state index >= 15 is 0 Å². The maximum absolute atomic E-state index is 11.1. The molecule has 21 heavy (non-hydrogen) atoms. The summed E-state index contributed by atoms with van der Waals surface area (Å²) in [4.78, 5) is 26.1. The molecule has 0 N–H and O–H groups in total. The van der Waals surface area contributed by atoms with Gasteiger partial charge in [0.25, 0.3) is 0 Å². The van der Waals surface area contributed by atoms with Crippen molar-refractivity contribution >= 4 is 17.7 Å². The molecular weight excluding hydrogens is 274 g/mol. The highest BCUT2D eigenvalue weighted by Crippen LogP contribution is 2.14. The summed E-state index contributed by atoms with van der Waals surface area (Å²) in [5.41, 5.74) is 0.910. The fraction of sp³-hybridized carbons (Fsp3) is 0.400. The minimum absolute atomic E-state index is 0.115. The van der Waals surface area contributed by atoms with E-state index in [1.54, 1.807) is 12.1 Å². The van der Waals surface area contributed by atoms with Crippen molar-refractivity contribution < 1.29 is 23.8 Å². The van der Waals surface area contributed by atoms with Crippen LogP contribution in [0.4, 0.5) is 0 Å². The minimum Gasteiger partial charge on any atom is -0.490 e. The van der Waals surface area contributed by atoms with Crippen molar-refractivity contribution in [3.8, 4) is 5.75 Å². The van der Waals surface area contributed by atoms with Gasteiger partial charge < -0.3 is 14.2 Å². The van der Waals surface area contributed by atoms with Crippen LogP contribution in [0.25, 0.3) is 0 Å². The van der Waals surface area contributed by atoms with Gasteiger partial charge in [0.05, 0.1) is 6.54 Å². The topological polar surface area (TPSA) is 74.2 Å². The molecule has 0 aromatic heterocycles. The lowest BCUT2D eigenvalue weighted by Crippen LogP contribution is -2.14. The number of nitrogens with zero attached hydrogens (tertiary/aromatic N) is 1. The van der Waals surface area contributed by atoms with Gasteiger partial charge in [-0.3, -0.25) is 9.59 Å². The van der Waals surface area contributed by atoms with Crippen LogP contribution in [0.15, 0.2) is 29.3 Å². The number of aliphatic imine (C=N–C) groups is 1. The van der Waals surface area contributed by atoms with Gasteiger partial charge in [0.15, 0.2) is 0 Å². The average Bonchev–Trinajstić information content (AvgIpc) is 2.98. The standard InChI is InChI=1S/C15H17NO5/c1-11(17)10-14(18)20-9-8-19-13-4-2-12(3-5-13)15-16-6-7-21-15/h2-5H,6-10H2,1H3. The zero-order valence-electron chi connectivity index (χ0n) is 11.8. The molecule has 1 aliphatic heterocycles. The molecule has 0 radical (unpaired) electrons. The van der Waals surface area contributed by atoms with Crippen molar-refractivity contribution in [3.63, 3.8) is 0 Å². The molecule has 1 aliphatic rings. The fourth-order valence-electron chi connectivity index (χ4n) is 1.77. The Kier molecular flexibility index (Phi) is 5.31. The Bertz CT molecular complexity index is 535. The van der Waals surface area contributed by atoms with Crippen LogP contribution in [0.5, 0.6) is 5.75 Å². The Labute approximate surface area is 122 Å². The predicted octanol–water partition coefficient (Wildman–Crippen LogP) is 1.36. The SMILES string of the molecule is CC(=O)CC(=O)OCCOc1ccc(C2=NCCO2)cc1. The highest BCUT2D eigenvalue weighted by Gasteiger charge is 2.10. The van der Waals surface area contributed by atoms with E-state index in [0.29, 0.717) is 24.8 Å². The van der Waals surface area contributed by atoms with Crippen LogP contribution in [-0.2, 0) is 19.1 Å². The summed E-state index contributed by atoms with van der Waals surface area (Å²) in [5.74, 6) is 0.575. The van der Waals surface area contributed by atoms with E-state index in [4.69, 9.17) is 14.2 Å². The summed E-state index contributed by atoms with van der Waals surface area (Å²) in [6, 6.07) is 7.33. The highest BCUT2D eigenvalue weighted by atomic mass is 16.6. The van der Waals surface area contributed by atoms with E-state index < -0.39 is 5.97 Å². The van der Waals surface area contributed by atoms with Crippen molar-refractivity contribution in [2.75, 3.05) is 26.4 Å². The third-order valence-corrected chi connectivity index (χ3v) is 2.70. The number of ketones is 1. The van der Waals surface area contributed by atoms with Crippen molar-refractivity contribution in [2.24, 2.45) is 4.99 Å². The molecule has 1 heterocycles. The summed E-state index contributed by atoms with van der Waals surface area (Å²) in [7, 11) is 0. The van der Waals surface area contributed by atoms with Gasteiger partial charge in [-0.15, -0.1) is 0 Å². The number of rotatable bonds is 7. The molecule has 0 fully saturated rings. The maximum Gasteiger partial charge on any atom is 0.313 e. The van der Waals surface area contributed by atoms with Crippen LogP contribution in [-0.4, -0.2) is 44.0 Å². The number of esters is 1. The first kappa shape index (κ1) is 15.0. The average molecular weight is 291 g/mol. The summed E-state index contributed by atoms with van der Waals surface area (Å²) < 4.78 is 15.7. The Hall–Kier alpha value is -2.37. The lowest BCUT2D eigenvalue weighted by molar-refractivity contribution is -0.146. The Morgan fingerprint density at radius 2 is 2.00 bits per heavy atom. The first-order valence-electron chi connectivity index (χ1n) is 6.70. The predicted molar refractivity (Wildman–Crippen MR) is 75.6 cm³/mol. The molecule has 6 heteroatoms. The molecule has 0 spiro atoms. The first-order valence-corrected chi connectivity index (χ1v) is 6.70. The molecule has 1 aromatic carbocycles. The second kappa shape index (κ2) is 7.42. The van der Waals surface area contributed by atoms with E-state index in [2.05, 4.69) is 4.99 Å². The van der Waals surface area contributed by atoms with E-state index in [0.717, 1.165) is 5.56 Å². The molecular formula is C15H17NO5.